The Balaban J connectivity index is 0.00000289. The normalized spacial score (nSPS) is 20.0. The van der Waals surface area contributed by atoms with E-state index in [1.807, 2.05) is 12.1 Å². The van der Waals surface area contributed by atoms with Crippen LogP contribution in [0.25, 0.3) is 0 Å². The van der Waals surface area contributed by atoms with Crippen molar-refractivity contribution in [1.82, 2.24) is 10.6 Å². The highest BCUT2D eigenvalue weighted by atomic mass is 127. The minimum atomic E-state index is 0. The third-order valence-electron chi connectivity index (χ3n) is 5.99. The lowest BCUT2D eigenvalue weighted by atomic mass is 9.93. The van der Waals surface area contributed by atoms with Gasteiger partial charge in [-0.15, -0.1) is 24.0 Å². The number of nitrogens with one attached hydrogen (secondary N) is 2. The molecule has 0 amide bonds. The van der Waals surface area contributed by atoms with Crippen LogP contribution in [-0.4, -0.2) is 46.0 Å². The molecule has 0 radical (unpaired) electrons. The van der Waals surface area contributed by atoms with Gasteiger partial charge in [0.2, 0.25) is 0 Å². The van der Waals surface area contributed by atoms with E-state index in [0.717, 1.165) is 62.2 Å². The Kier molecular flexibility index (Phi) is 9.47. The number of fused-ring (bicyclic) bond motifs is 1. The second-order valence-electron chi connectivity index (χ2n) is 8.33. The molecule has 0 aromatic heterocycles. The number of aryl methyl sites for hydroxylation is 1. The average Bonchev–Trinajstić information content (AvgIpc) is 3.32. The van der Waals surface area contributed by atoms with E-state index in [1.54, 1.807) is 7.05 Å². The third kappa shape index (κ3) is 6.51. The van der Waals surface area contributed by atoms with Gasteiger partial charge in [-0.05, 0) is 43.0 Å². The van der Waals surface area contributed by atoms with Crippen LogP contribution in [-0.2, 0) is 11.3 Å². The van der Waals surface area contributed by atoms with E-state index in [2.05, 4.69) is 52.9 Å². The molecule has 0 aliphatic carbocycles. The second kappa shape index (κ2) is 12.3. The van der Waals surface area contributed by atoms with Gasteiger partial charge in [0.05, 0.1) is 19.8 Å². The molecular weight excluding hydrogens is 517 g/mol. The highest BCUT2D eigenvalue weighted by Crippen LogP contribution is 2.32. The van der Waals surface area contributed by atoms with E-state index in [-0.39, 0.29) is 24.0 Å². The van der Waals surface area contributed by atoms with Crippen LogP contribution in [0.2, 0.25) is 0 Å². The van der Waals surface area contributed by atoms with Crippen LogP contribution in [0.3, 0.4) is 0 Å². The lowest BCUT2D eigenvalue weighted by Gasteiger charge is -2.26. The quantitative estimate of drug-likeness (QED) is 0.306. The standard InChI is InChI=1S/C25H33N3O3.HI/c1-18-7-8-21(24(13-18)31-17-19-9-11-29-16-19)15-28-25(26-2)27-14-20-10-12-30-23-6-4-3-5-22(20)23;/h3-8,13,19-20H,9-12,14-17H2,1-2H3,(H2,26,27,28);1H. The Morgan fingerprint density at radius 2 is 2.00 bits per heavy atom. The van der Waals surface area contributed by atoms with Crippen LogP contribution in [0.1, 0.15) is 35.4 Å². The first-order valence-corrected chi connectivity index (χ1v) is 11.2. The molecule has 1 fully saturated rings. The van der Waals surface area contributed by atoms with Crippen molar-refractivity contribution in [2.45, 2.75) is 32.2 Å². The summed E-state index contributed by atoms with van der Waals surface area (Å²) in [5, 5.41) is 6.92. The molecule has 6 nitrogen and oxygen atoms in total. The number of aliphatic imine (C=N–C) groups is 1. The van der Waals surface area contributed by atoms with Crippen LogP contribution < -0.4 is 20.1 Å². The fourth-order valence-corrected chi connectivity index (χ4v) is 4.11. The van der Waals surface area contributed by atoms with Crippen molar-refractivity contribution >= 4 is 29.9 Å². The molecule has 2 heterocycles. The zero-order valence-electron chi connectivity index (χ0n) is 18.9. The Labute approximate surface area is 208 Å². The molecule has 2 aromatic rings. The molecule has 2 aliphatic rings. The number of rotatable bonds is 7. The maximum Gasteiger partial charge on any atom is 0.191 e. The predicted molar refractivity (Wildman–Crippen MR) is 139 cm³/mol. The maximum atomic E-state index is 6.17. The van der Waals surface area contributed by atoms with E-state index in [4.69, 9.17) is 14.2 Å². The fourth-order valence-electron chi connectivity index (χ4n) is 4.11. The summed E-state index contributed by atoms with van der Waals surface area (Å²) in [5.74, 6) is 3.62. The predicted octanol–water partition coefficient (Wildman–Crippen LogP) is 4.26. The van der Waals surface area contributed by atoms with Crippen LogP contribution in [0.5, 0.6) is 11.5 Å². The average molecular weight is 551 g/mol. The van der Waals surface area contributed by atoms with Gasteiger partial charge in [0.15, 0.2) is 5.96 Å². The van der Waals surface area contributed by atoms with Crippen molar-refractivity contribution in [3.63, 3.8) is 0 Å². The lowest BCUT2D eigenvalue weighted by Crippen LogP contribution is -2.39. The molecule has 0 saturated carbocycles. The van der Waals surface area contributed by atoms with Gasteiger partial charge < -0.3 is 24.8 Å². The van der Waals surface area contributed by atoms with Crippen LogP contribution in [0.4, 0.5) is 0 Å². The first-order chi connectivity index (χ1) is 15.2. The fraction of sp³-hybridized carbons (Fsp3) is 0.480. The zero-order valence-corrected chi connectivity index (χ0v) is 21.3. The van der Waals surface area contributed by atoms with Gasteiger partial charge in [-0.1, -0.05) is 30.3 Å². The Morgan fingerprint density at radius 1 is 1.12 bits per heavy atom. The van der Waals surface area contributed by atoms with Crippen LogP contribution >= 0.6 is 24.0 Å². The number of ether oxygens (including phenoxy) is 3. The molecule has 7 heteroatoms. The lowest BCUT2D eigenvalue weighted by molar-refractivity contribution is 0.166. The highest BCUT2D eigenvalue weighted by Gasteiger charge is 2.21. The molecule has 2 aromatic carbocycles. The van der Waals surface area contributed by atoms with E-state index in [9.17, 15) is 0 Å². The summed E-state index contributed by atoms with van der Waals surface area (Å²) >= 11 is 0. The highest BCUT2D eigenvalue weighted by molar-refractivity contribution is 14.0. The Morgan fingerprint density at radius 3 is 2.81 bits per heavy atom. The van der Waals surface area contributed by atoms with Gasteiger partial charge in [-0.25, -0.2) is 0 Å². The molecule has 2 N–H and O–H groups in total. The summed E-state index contributed by atoms with van der Waals surface area (Å²) in [6, 6.07) is 14.7. The Bertz CT molecular complexity index is 900. The van der Waals surface area contributed by atoms with E-state index < -0.39 is 0 Å². The van der Waals surface area contributed by atoms with Gasteiger partial charge in [0, 0.05) is 44.1 Å². The van der Waals surface area contributed by atoms with Crippen molar-refractivity contribution in [2.75, 3.05) is 40.0 Å². The number of benzene rings is 2. The van der Waals surface area contributed by atoms with E-state index in [1.165, 1.54) is 11.1 Å². The molecule has 4 rings (SSSR count). The Hall–Kier alpha value is -2.00. The summed E-state index contributed by atoms with van der Waals surface area (Å²) in [6.45, 7) is 6.66. The minimum absolute atomic E-state index is 0. The van der Waals surface area contributed by atoms with Gasteiger partial charge in [0.25, 0.3) is 0 Å². The molecule has 0 spiro atoms. The number of halogens is 1. The van der Waals surface area contributed by atoms with Crippen molar-refractivity contribution in [3.05, 3.63) is 59.2 Å². The minimum Gasteiger partial charge on any atom is -0.493 e. The van der Waals surface area contributed by atoms with Gasteiger partial charge in [-0.2, -0.15) is 0 Å². The number of hydrogen-bond donors (Lipinski definition) is 2. The van der Waals surface area contributed by atoms with Crippen molar-refractivity contribution in [2.24, 2.45) is 10.9 Å². The molecule has 1 saturated heterocycles. The number of hydrogen-bond acceptors (Lipinski definition) is 4. The summed E-state index contributed by atoms with van der Waals surface area (Å²) in [6.07, 6.45) is 2.08. The maximum absolute atomic E-state index is 6.17. The molecule has 174 valence electrons. The smallest absolute Gasteiger partial charge is 0.191 e. The molecule has 0 bridgehead atoms. The molecule has 2 atom stereocenters. The first kappa shape index (κ1) is 24.6. The van der Waals surface area contributed by atoms with Crippen molar-refractivity contribution in [1.29, 1.82) is 0 Å². The van der Waals surface area contributed by atoms with E-state index in [0.29, 0.717) is 25.0 Å². The topological polar surface area (TPSA) is 64.1 Å². The van der Waals surface area contributed by atoms with Crippen molar-refractivity contribution in [3.8, 4) is 11.5 Å². The first-order valence-electron chi connectivity index (χ1n) is 11.2. The summed E-state index contributed by atoms with van der Waals surface area (Å²) in [4.78, 5) is 4.41. The SMILES string of the molecule is CN=C(NCc1ccc(C)cc1OCC1CCOC1)NCC1CCOc2ccccc21.I. The summed E-state index contributed by atoms with van der Waals surface area (Å²) in [5.41, 5.74) is 3.59. The van der Waals surface area contributed by atoms with Gasteiger partial charge in [0.1, 0.15) is 11.5 Å². The third-order valence-corrected chi connectivity index (χ3v) is 5.99. The summed E-state index contributed by atoms with van der Waals surface area (Å²) in [7, 11) is 1.81. The van der Waals surface area contributed by atoms with Gasteiger partial charge >= 0.3 is 0 Å². The molecular formula is C25H34IN3O3. The largest absolute Gasteiger partial charge is 0.493 e. The number of para-hydroxylation sites is 1. The van der Waals surface area contributed by atoms with Gasteiger partial charge in [-0.3, -0.25) is 4.99 Å². The molecule has 2 aliphatic heterocycles. The van der Waals surface area contributed by atoms with E-state index >= 15 is 0 Å². The number of nitrogens with zero attached hydrogens (tertiary/aromatic N) is 1. The summed E-state index contributed by atoms with van der Waals surface area (Å²) < 4.78 is 17.4. The zero-order chi connectivity index (χ0) is 21.5. The molecule has 2 unspecified atom stereocenters. The number of guanidine groups is 1. The monoisotopic (exact) mass is 551 g/mol. The molecule has 32 heavy (non-hydrogen) atoms. The van der Waals surface area contributed by atoms with Crippen molar-refractivity contribution < 1.29 is 14.2 Å². The van der Waals surface area contributed by atoms with Crippen LogP contribution in [0.15, 0.2) is 47.5 Å². The second-order valence-corrected chi connectivity index (χ2v) is 8.33. The van der Waals surface area contributed by atoms with Crippen LogP contribution in [0, 0.1) is 12.8 Å².